The molecule has 0 aliphatic heterocycles. The molecule has 1 atom stereocenters. The predicted molar refractivity (Wildman–Crippen MR) is 56.4 cm³/mol. The summed E-state index contributed by atoms with van der Waals surface area (Å²) >= 11 is 0. The molecule has 0 saturated carbocycles. The van der Waals surface area contributed by atoms with Crippen molar-refractivity contribution in [1.29, 1.82) is 0 Å². The maximum absolute atomic E-state index is 10.7. The van der Waals surface area contributed by atoms with Crippen molar-refractivity contribution in [2.24, 2.45) is 0 Å². The number of allylic oxidation sites excluding steroid dienone is 1. The van der Waals surface area contributed by atoms with Gasteiger partial charge in [0, 0.05) is 6.92 Å². The Morgan fingerprint density at radius 2 is 2.29 bits per heavy atom. The molecule has 2 heteroatoms. The number of carbonyl (C=O) groups excluding carboxylic acids is 1. The lowest BCUT2D eigenvalue weighted by molar-refractivity contribution is -0.131. The molecule has 0 N–H and O–H groups in total. The van der Waals surface area contributed by atoms with Crippen LogP contribution in [0.25, 0.3) is 0 Å². The van der Waals surface area contributed by atoms with Gasteiger partial charge in [-0.05, 0) is 23.6 Å². The van der Waals surface area contributed by atoms with E-state index in [0.29, 0.717) is 5.75 Å². The van der Waals surface area contributed by atoms with Crippen LogP contribution in [0, 0.1) is 0 Å². The van der Waals surface area contributed by atoms with Crippen molar-refractivity contribution >= 4 is 5.97 Å². The molecular formula is C12H14O2. The zero-order valence-electron chi connectivity index (χ0n) is 8.49. The fraction of sp³-hybridized carbons (Fsp3) is 0.250. The Morgan fingerprint density at radius 1 is 1.57 bits per heavy atom. The Balaban J connectivity index is 2.88. The molecule has 1 aromatic rings. The lowest BCUT2D eigenvalue weighted by Crippen LogP contribution is -2.01. The quantitative estimate of drug-likeness (QED) is 0.416. The molecular weight excluding hydrogens is 176 g/mol. The molecule has 14 heavy (non-hydrogen) atoms. The summed E-state index contributed by atoms with van der Waals surface area (Å²) < 4.78 is 4.98. The van der Waals surface area contributed by atoms with E-state index in [9.17, 15) is 4.79 Å². The smallest absolute Gasteiger partial charge is 0.308 e. The normalized spacial score (nSPS) is 11.9. The zero-order chi connectivity index (χ0) is 10.6. The van der Waals surface area contributed by atoms with Crippen LogP contribution in [-0.4, -0.2) is 5.97 Å². The molecule has 0 spiro atoms. The molecule has 2 nitrogen and oxygen atoms in total. The number of rotatable bonds is 3. The number of hydrogen-bond donors (Lipinski definition) is 0. The SMILES string of the molecule is C=CC(C)c1cccc(OC(C)=O)c1. The molecule has 1 unspecified atom stereocenters. The molecule has 0 aliphatic carbocycles. The van der Waals surface area contributed by atoms with E-state index in [-0.39, 0.29) is 11.9 Å². The molecule has 1 aromatic carbocycles. The highest BCUT2D eigenvalue weighted by Crippen LogP contribution is 2.21. The van der Waals surface area contributed by atoms with Gasteiger partial charge in [-0.15, -0.1) is 6.58 Å². The lowest BCUT2D eigenvalue weighted by atomic mass is 10.0. The number of esters is 1. The third-order valence-electron chi connectivity index (χ3n) is 2.00. The summed E-state index contributed by atoms with van der Waals surface area (Å²) in [6.45, 7) is 7.15. The van der Waals surface area contributed by atoms with Crippen molar-refractivity contribution < 1.29 is 9.53 Å². The lowest BCUT2D eigenvalue weighted by Gasteiger charge is -2.08. The van der Waals surface area contributed by atoms with Crippen molar-refractivity contribution in [3.05, 3.63) is 42.5 Å². The molecule has 0 amide bonds. The average molecular weight is 190 g/mol. The van der Waals surface area contributed by atoms with Crippen LogP contribution >= 0.6 is 0 Å². The molecule has 0 saturated heterocycles. The number of hydrogen-bond acceptors (Lipinski definition) is 2. The minimum atomic E-state index is -0.298. The number of benzene rings is 1. The standard InChI is InChI=1S/C12H14O2/c1-4-9(2)11-6-5-7-12(8-11)14-10(3)13/h4-9H,1H2,2-3H3. The minimum absolute atomic E-state index is 0.269. The van der Waals surface area contributed by atoms with E-state index < -0.39 is 0 Å². The van der Waals surface area contributed by atoms with Gasteiger partial charge in [-0.25, -0.2) is 0 Å². The van der Waals surface area contributed by atoms with Gasteiger partial charge in [0.25, 0.3) is 0 Å². The van der Waals surface area contributed by atoms with Crippen LogP contribution in [0.2, 0.25) is 0 Å². The van der Waals surface area contributed by atoms with Gasteiger partial charge < -0.3 is 4.74 Å². The fourth-order valence-electron chi connectivity index (χ4n) is 1.16. The molecule has 0 aromatic heterocycles. The van der Waals surface area contributed by atoms with Gasteiger partial charge >= 0.3 is 5.97 Å². The Bertz CT molecular complexity index is 342. The van der Waals surface area contributed by atoms with Gasteiger partial charge in [0.1, 0.15) is 5.75 Å². The maximum atomic E-state index is 10.7. The highest BCUT2D eigenvalue weighted by molar-refractivity contribution is 5.69. The Morgan fingerprint density at radius 3 is 2.86 bits per heavy atom. The second kappa shape index (κ2) is 4.61. The van der Waals surface area contributed by atoms with Crippen LogP contribution in [0.4, 0.5) is 0 Å². The summed E-state index contributed by atoms with van der Waals surface area (Å²) in [6, 6.07) is 7.47. The highest BCUT2D eigenvalue weighted by Gasteiger charge is 2.03. The summed E-state index contributed by atoms with van der Waals surface area (Å²) in [4.78, 5) is 10.7. The third-order valence-corrected chi connectivity index (χ3v) is 2.00. The van der Waals surface area contributed by atoms with Crippen LogP contribution in [0.15, 0.2) is 36.9 Å². The van der Waals surface area contributed by atoms with Crippen LogP contribution < -0.4 is 4.74 Å². The monoisotopic (exact) mass is 190 g/mol. The van der Waals surface area contributed by atoms with Crippen LogP contribution in [0.5, 0.6) is 5.75 Å². The van der Waals surface area contributed by atoms with E-state index in [0.717, 1.165) is 5.56 Å². The molecule has 0 fully saturated rings. The van der Waals surface area contributed by atoms with Gasteiger partial charge in [0.15, 0.2) is 0 Å². The van der Waals surface area contributed by atoms with Crippen molar-refractivity contribution in [2.45, 2.75) is 19.8 Å². The van der Waals surface area contributed by atoms with Gasteiger partial charge in [0.05, 0.1) is 0 Å². The highest BCUT2D eigenvalue weighted by atomic mass is 16.5. The van der Waals surface area contributed by atoms with Crippen molar-refractivity contribution in [3.8, 4) is 5.75 Å². The van der Waals surface area contributed by atoms with Crippen LogP contribution in [0.3, 0.4) is 0 Å². The van der Waals surface area contributed by atoms with Gasteiger partial charge in [-0.3, -0.25) is 4.79 Å². The Hall–Kier alpha value is -1.57. The Kier molecular flexibility index (Phi) is 3.46. The first-order chi connectivity index (χ1) is 6.63. The second-order valence-corrected chi connectivity index (χ2v) is 3.19. The molecule has 0 radical (unpaired) electrons. The summed E-state index contributed by atoms with van der Waals surface area (Å²) in [6.07, 6.45) is 1.85. The summed E-state index contributed by atoms with van der Waals surface area (Å²) in [5.74, 6) is 0.558. The van der Waals surface area contributed by atoms with Crippen LogP contribution in [-0.2, 0) is 4.79 Å². The van der Waals surface area contributed by atoms with E-state index in [1.165, 1.54) is 6.92 Å². The topological polar surface area (TPSA) is 26.3 Å². The number of carbonyl (C=O) groups is 1. The van der Waals surface area contributed by atoms with Crippen molar-refractivity contribution in [3.63, 3.8) is 0 Å². The largest absolute Gasteiger partial charge is 0.427 e. The summed E-state index contributed by atoms with van der Waals surface area (Å²) in [5.41, 5.74) is 1.10. The fourth-order valence-corrected chi connectivity index (χ4v) is 1.16. The van der Waals surface area contributed by atoms with Gasteiger partial charge in [0.2, 0.25) is 0 Å². The van der Waals surface area contributed by atoms with Crippen LogP contribution in [0.1, 0.15) is 25.3 Å². The summed E-state index contributed by atoms with van der Waals surface area (Å²) in [7, 11) is 0. The average Bonchev–Trinajstić information content (AvgIpc) is 2.16. The minimum Gasteiger partial charge on any atom is -0.427 e. The first-order valence-corrected chi connectivity index (χ1v) is 4.54. The summed E-state index contributed by atoms with van der Waals surface area (Å²) in [5, 5.41) is 0. The molecule has 0 heterocycles. The molecule has 1 rings (SSSR count). The number of ether oxygens (including phenoxy) is 1. The predicted octanol–water partition coefficient (Wildman–Crippen LogP) is 2.90. The molecule has 0 bridgehead atoms. The van der Waals surface area contributed by atoms with E-state index in [4.69, 9.17) is 4.74 Å². The van der Waals surface area contributed by atoms with E-state index in [2.05, 4.69) is 6.58 Å². The third kappa shape index (κ3) is 2.73. The van der Waals surface area contributed by atoms with Gasteiger partial charge in [-0.1, -0.05) is 25.1 Å². The van der Waals surface area contributed by atoms with E-state index in [1.807, 2.05) is 31.2 Å². The van der Waals surface area contributed by atoms with E-state index in [1.54, 1.807) is 6.07 Å². The zero-order valence-corrected chi connectivity index (χ0v) is 8.49. The molecule has 74 valence electrons. The Labute approximate surface area is 84.2 Å². The molecule has 0 aliphatic rings. The maximum Gasteiger partial charge on any atom is 0.308 e. The first-order valence-electron chi connectivity index (χ1n) is 4.54. The second-order valence-electron chi connectivity index (χ2n) is 3.19. The van der Waals surface area contributed by atoms with Gasteiger partial charge in [-0.2, -0.15) is 0 Å². The van der Waals surface area contributed by atoms with Crippen molar-refractivity contribution in [2.75, 3.05) is 0 Å². The first kappa shape index (κ1) is 10.5. The van der Waals surface area contributed by atoms with E-state index >= 15 is 0 Å². The van der Waals surface area contributed by atoms with Crippen molar-refractivity contribution in [1.82, 2.24) is 0 Å².